The first-order chi connectivity index (χ1) is 9.75. The van der Waals surface area contributed by atoms with Gasteiger partial charge >= 0.3 is 0 Å². The number of para-hydroxylation sites is 1. The predicted octanol–water partition coefficient (Wildman–Crippen LogP) is 1.22. The van der Waals surface area contributed by atoms with Gasteiger partial charge in [-0.05, 0) is 25.0 Å². The third-order valence-corrected chi connectivity index (χ3v) is 4.59. The lowest BCUT2D eigenvalue weighted by atomic mass is 9.81. The van der Waals surface area contributed by atoms with Crippen LogP contribution in [0.15, 0.2) is 30.3 Å². The van der Waals surface area contributed by atoms with Crippen LogP contribution < -0.4 is 5.32 Å². The van der Waals surface area contributed by atoms with Crippen molar-refractivity contribution in [1.29, 1.82) is 0 Å². The first kappa shape index (κ1) is 11.9. The number of anilines is 1. The molecule has 3 saturated heterocycles. The molecule has 2 bridgehead atoms. The second-order valence-corrected chi connectivity index (χ2v) is 5.65. The molecule has 3 aliphatic heterocycles. The van der Waals surface area contributed by atoms with E-state index < -0.39 is 0 Å². The lowest BCUT2D eigenvalue weighted by Crippen LogP contribution is -2.37. The lowest BCUT2D eigenvalue weighted by molar-refractivity contribution is -0.142. The first-order valence-corrected chi connectivity index (χ1v) is 7.05. The summed E-state index contributed by atoms with van der Waals surface area (Å²) >= 11 is 0. The Morgan fingerprint density at radius 2 is 1.65 bits per heavy atom. The molecule has 1 aromatic carbocycles. The van der Waals surface area contributed by atoms with E-state index in [1.54, 1.807) is 0 Å². The summed E-state index contributed by atoms with van der Waals surface area (Å²) in [6.07, 6.45) is 1.74. The second-order valence-electron chi connectivity index (χ2n) is 5.65. The largest absolute Gasteiger partial charge is 0.373 e. The number of amides is 2. The predicted molar refractivity (Wildman–Crippen MR) is 71.7 cm³/mol. The summed E-state index contributed by atoms with van der Waals surface area (Å²) in [5.74, 6) is -0.621. The molecule has 0 aromatic heterocycles. The molecule has 3 heterocycles. The Bertz CT molecular complexity index is 531. The van der Waals surface area contributed by atoms with Gasteiger partial charge in [0.25, 0.3) is 0 Å². The van der Waals surface area contributed by atoms with Crippen LogP contribution in [0.25, 0.3) is 0 Å². The summed E-state index contributed by atoms with van der Waals surface area (Å²) in [5, 5.41) is 3.13. The van der Waals surface area contributed by atoms with E-state index in [0.717, 1.165) is 18.5 Å². The zero-order valence-electron chi connectivity index (χ0n) is 11.0. The van der Waals surface area contributed by atoms with Crippen LogP contribution in [0.5, 0.6) is 0 Å². The smallest absolute Gasteiger partial charge is 0.237 e. The molecule has 2 amide bonds. The number of rotatable bonds is 3. The number of imide groups is 1. The summed E-state index contributed by atoms with van der Waals surface area (Å²) in [7, 11) is 0. The van der Waals surface area contributed by atoms with Crippen molar-refractivity contribution >= 4 is 17.5 Å². The molecule has 0 spiro atoms. The molecule has 1 aromatic rings. The molecule has 0 radical (unpaired) electrons. The van der Waals surface area contributed by atoms with Crippen molar-refractivity contribution in [3.8, 4) is 0 Å². The van der Waals surface area contributed by atoms with Gasteiger partial charge in [0, 0.05) is 5.69 Å². The fraction of sp³-hybridized carbons (Fsp3) is 0.467. The molecule has 5 heteroatoms. The van der Waals surface area contributed by atoms with E-state index in [1.165, 1.54) is 4.90 Å². The highest BCUT2D eigenvalue weighted by Crippen LogP contribution is 2.48. The number of carbonyl (C=O) groups excluding carboxylic acids is 2. The fourth-order valence-corrected chi connectivity index (χ4v) is 3.66. The van der Waals surface area contributed by atoms with Crippen LogP contribution in [-0.2, 0) is 14.3 Å². The molecule has 104 valence electrons. The highest BCUT2D eigenvalue weighted by molar-refractivity contribution is 6.06. The maximum absolute atomic E-state index is 12.4. The number of benzene rings is 1. The van der Waals surface area contributed by atoms with Crippen LogP contribution in [0.3, 0.4) is 0 Å². The Morgan fingerprint density at radius 1 is 1.05 bits per heavy atom. The molecule has 4 rings (SSSR count). The van der Waals surface area contributed by atoms with E-state index in [4.69, 9.17) is 4.74 Å². The van der Waals surface area contributed by atoms with Crippen LogP contribution in [0, 0.1) is 11.8 Å². The van der Waals surface area contributed by atoms with Gasteiger partial charge in [-0.3, -0.25) is 14.5 Å². The van der Waals surface area contributed by atoms with Gasteiger partial charge in [-0.25, -0.2) is 0 Å². The summed E-state index contributed by atoms with van der Waals surface area (Å²) < 4.78 is 5.70. The zero-order chi connectivity index (χ0) is 13.7. The number of nitrogens with zero attached hydrogens (tertiary/aromatic N) is 1. The molecule has 5 nitrogen and oxygen atoms in total. The van der Waals surface area contributed by atoms with Gasteiger partial charge < -0.3 is 10.1 Å². The Kier molecular flexibility index (Phi) is 2.57. The lowest BCUT2D eigenvalue weighted by Gasteiger charge is -2.18. The van der Waals surface area contributed by atoms with Gasteiger partial charge in [0.15, 0.2) is 0 Å². The Hall–Kier alpha value is -1.88. The van der Waals surface area contributed by atoms with Crippen LogP contribution in [0.2, 0.25) is 0 Å². The number of hydrogen-bond donors (Lipinski definition) is 1. The summed E-state index contributed by atoms with van der Waals surface area (Å²) in [4.78, 5) is 26.1. The van der Waals surface area contributed by atoms with Crippen molar-refractivity contribution in [2.75, 3.05) is 12.0 Å². The van der Waals surface area contributed by atoms with E-state index in [0.29, 0.717) is 0 Å². The molecule has 1 N–H and O–H groups in total. The number of ether oxygens (including phenoxy) is 1. The standard InChI is InChI=1S/C15H16N2O3/c18-14-12-10-6-7-11(20-10)13(12)15(19)17(14)8-16-9-4-2-1-3-5-9/h1-5,10-13,16H,6-8H2/t10?,11?,12-,13-/m1/s1. The minimum Gasteiger partial charge on any atom is -0.373 e. The average Bonchev–Trinajstić information content (AvgIpc) is 3.13. The summed E-state index contributed by atoms with van der Waals surface area (Å²) in [6.45, 7) is 0.244. The van der Waals surface area contributed by atoms with Gasteiger partial charge in [-0.15, -0.1) is 0 Å². The van der Waals surface area contributed by atoms with E-state index in [2.05, 4.69) is 5.32 Å². The summed E-state index contributed by atoms with van der Waals surface area (Å²) in [5.41, 5.74) is 0.907. The third-order valence-electron chi connectivity index (χ3n) is 4.59. The highest BCUT2D eigenvalue weighted by Gasteiger charge is 2.62. The third kappa shape index (κ3) is 1.59. The number of carbonyl (C=O) groups is 2. The van der Waals surface area contributed by atoms with Gasteiger partial charge in [-0.1, -0.05) is 18.2 Å². The molecule has 20 heavy (non-hydrogen) atoms. The van der Waals surface area contributed by atoms with E-state index in [-0.39, 0.29) is 42.5 Å². The zero-order valence-corrected chi connectivity index (χ0v) is 11.0. The Balaban J connectivity index is 1.50. The van der Waals surface area contributed by atoms with Crippen molar-refractivity contribution in [2.24, 2.45) is 11.8 Å². The van der Waals surface area contributed by atoms with E-state index >= 15 is 0 Å². The molecule has 2 unspecified atom stereocenters. The molecular formula is C15H16N2O3. The molecular weight excluding hydrogens is 256 g/mol. The van der Waals surface area contributed by atoms with Gasteiger partial charge in [-0.2, -0.15) is 0 Å². The van der Waals surface area contributed by atoms with Gasteiger partial charge in [0.05, 0.1) is 30.7 Å². The Labute approximate surface area is 116 Å². The maximum atomic E-state index is 12.4. The topological polar surface area (TPSA) is 58.6 Å². The second kappa shape index (κ2) is 4.31. The van der Waals surface area contributed by atoms with Crippen molar-refractivity contribution in [1.82, 2.24) is 4.90 Å². The average molecular weight is 272 g/mol. The number of fused-ring (bicyclic) bond motifs is 5. The monoisotopic (exact) mass is 272 g/mol. The number of nitrogens with one attached hydrogen (secondary N) is 1. The van der Waals surface area contributed by atoms with E-state index in [1.807, 2.05) is 30.3 Å². The maximum Gasteiger partial charge on any atom is 0.237 e. The quantitative estimate of drug-likeness (QED) is 0.841. The minimum atomic E-state index is -0.237. The normalized spacial score (nSPS) is 34.7. The van der Waals surface area contributed by atoms with Crippen molar-refractivity contribution < 1.29 is 14.3 Å². The molecule has 0 saturated carbocycles. The number of hydrogen-bond acceptors (Lipinski definition) is 4. The van der Waals surface area contributed by atoms with Gasteiger partial charge in [0.1, 0.15) is 0 Å². The first-order valence-electron chi connectivity index (χ1n) is 7.05. The highest BCUT2D eigenvalue weighted by atomic mass is 16.5. The van der Waals surface area contributed by atoms with Crippen molar-refractivity contribution in [3.63, 3.8) is 0 Å². The number of likely N-dealkylation sites (tertiary alicyclic amines) is 1. The van der Waals surface area contributed by atoms with Crippen LogP contribution in [0.4, 0.5) is 5.69 Å². The van der Waals surface area contributed by atoms with Crippen LogP contribution in [0.1, 0.15) is 12.8 Å². The molecule has 3 fully saturated rings. The van der Waals surface area contributed by atoms with Crippen molar-refractivity contribution in [2.45, 2.75) is 25.0 Å². The molecule has 4 atom stereocenters. The Morgan fingerprint density at radius 3 is 2.25 bits per heavy atom. The van der Waals surface area contributed by atoms with Gasteiger partial charge in [0.2, 0.25) is 11.8 Å². The van der Waals surface area contributed by atoms with Crippen molar-refractivity contribution in [3.05, 3.63) is 30.3 Å². The minimum absolute atomic E-state index is 0.0387. The fourth-order valence-electron chi connectivity index (χ4n) is 3.66. The van der Waals surface area contributed by atoms with Crippen LogP contribution >= 0.6 is 0 Å². The van der Waals surface area contributed by atoms with Crippen LogP contribution in [-0.4, -0.2) is 35.6 Å². The molecule has 3 aliphatic rings. The van der Waals surface area contributed by atoms with E-state index in [9.17, 15) is 9.59 Å². The summed E-state index contributed by atoms with van der Waals surface area (Å²) in [6, 6.07) is 9.59. The molecule has 0 aliphatic carbocycles. The SMILES string of the molecule is O=C1[C@@H]2C3CCC(O3)[C@H]2C(=O)N1CNc1ccccc1.